The second-order valence-electron chi connectivity index (χ2n) is 9.70. The Balaban J connectivity index is 1.63. The molecule has 1 heterocycles. The summed E-state index contributed by atoms with van der Waals surface area (Å²) in [6, 6.07) is 31.5. The van der Waals surface area contributed by atoms with Crippen molar-refractivity contribution < 1.29 is 25.2 Å². The van der Waals surface area contributed by atoms with Crippen LogP contribution in [0.3, 0.4) is 0 Å². The summed E-state index contributed by atoms with van der Waals surface area (Å²) in [7, 11) is 0. The first-order valence-corrected chi connectivity index (χ1v) is 13.0. The third kappa shape index (κ3) is 5.94. The molecule has 0 saturated carbocycles. The molecule has 4 N–H and O–H groups in total. The van der Waals surface area contributed by atoms with Gasteiger partial charge in [-0.25, -0.2) is 4.79 Å². The van der Waals surface area contributed by atoms with Gasteiger partial charge in [0.05, 0.1) is 24.5 Å². The van der Waals surface area contributed by atoms with Crippen LogP contribution in [0, 0.1) is 0 Å². The molecule has 1 aliphatic rings. The number of hydrogen-bond donors (Lipinski definition) is 4. The molecular weight excluding hydrogens is 504 g/mol. The van der Waals surface area contributed by atoms with Crippen molar-refractivity contribution in [3.63, 3.8) is 0 Å². The molecule has 4 aromatic rings. The van der Waals surface area contributed by atoms with Crippen molar-refractivity contribution in [2.24, 2.45) is 0 Å². The average Bonchev–Trinajstić information content (AvgIpc) is 3.03. The van der Waals surface area contributed by atoms with Gasteiger partial charge in [-0.1, -0.05) is 84.9 Å². The van der Waals surface area contributed by atoms with Crippen molar-refractivity contribution in [3.05, 3.63) is 154 Å². The second-order valence-corrected chi connectivity index (χ2v) is 9.70. The molecule has 0 radical (unpaired) electrons. The zero-order valence-electron chi connectivity index (χ0n) is 21.8. The van der Waals surface area contributed by atoms with Crippen LogP contribution < -0.4 is 0 Å². The predicted molar refractivity (Wildman–Crippen MR) is 152 cm³/mol. The molecule has 0 bridgehead atoms. The highest BCUT2D eigenvalue weighted by Gasteiger charge is 2.35. The van der Waals surface area contributed by atoms with Gasteiger partial charge in [0.1, 0.15) is 11.5 Å². The highest BCUT2D eigenvalue weighted by atomic mass is 16.3. The number of benzene rings is 4. The number of urea groups is 1. The fourth-order valence-corrected chi connectivity index (χ4v) is 4.74. The van der Waals surface area contributed by atoms with Crippen LogP contribution in [0.5, 0.6) is 11.5 Å². The molecule has 0 atom stereocenters. The van der Waals surface area contributed by atoms with Crippen molar-refractivity contribution in [1.82, 2.24) is 9.80 Å². The molecule has 0 aliphatic carbocycles. The molecule has 7 nitrogen and oxygen atoms in total. The summed E-state index contributed by atoms with van der Waals surface area (Å²) in [4.78, 5) is 17.4. The molecule has 40 heavy (non-hydrogen) atoms. The summed E-state index contributed by atoms with van der Waals surface area (Å²) in [6.07, 6.45) is 0.401. The molecule has 0 fully saturated rings. The highest BCUT2D eigenvalue weighted by molar-refractivity contribution is 5.80. The SMILES string of the molecule is O=C1N(Cc2ccc(O)cc2)C(Cc2ccccc2)=C(O)C(O)=C(Cc2ccccc2)N1Cc1ccc(O)cc1. The minimum Gasteiger partial charge on any atom is -0.508 e. The van der Waals surface area contributed by atoms with Crippen LogP contribution in [0.1, 0.15) is 22.3 Å². The fraction of sp³-hybridized carbons (Fsp3) is 0.121. The molecule has 0 unspecified atom stereocenters. The van der Waals surface area contributed by atoms with E-state index >= 15 is 0 Å². The number of nitrogens with zero attached hydrogens (tertiary/aromatic N) is 2. The van der Waals surface area contributed by atoms with Crippen molar-refractivity contribution >= 4 is 6.03 Å². The van der Waals surface area contributed by atoms with Crippen LogP contribution in [0.2, 0.25) is 0 Å². The monoisotopic (exact) mass is 534 g/mol. The molecule has 1 aliphatic heterocycles. The number of carbonyl (C=O) groups excluding carboxylic acids is 1. The quantitative estimate of drug-likeness (QED) is 0.205. The molecule has 7 heteroatoms. The molecule has 4 aromatic carbocycles. The van der Waals surface area contributed by atoms with Gasteiger partial charge in [-0.2, -0.15) is 0 Å². The maximum Gasteiger partial charge on any atom is 0.329 e. The Labute approximate surface area is 232 Å². The van der Waals surface area contributed by atoms with E-state index in [1.54, 1.807) is 48.5 Å². The predicted octanol–water partition coefficient (Wildman–Crippen LogP) is 6.56. The number of allylic oxidation sites excluding steroid dienone is 2. The lowest BCUT2D eigenvalue weighted by atomic mass is 10.0. The van der Waals surface area contributed by atoms with Gasteiger partial charge in [-0.05, 0) is 46.5 Å². The van der Waals surface area contributed by atoms with E-state index in [9.17, 15) is 25.2 Å². The average molecular weight is 535 g/mol. The van der Waals surface area contributed by atoms with E-state index < -0.39 is 6.03 Å². The number of phenolic OH excluding ortho intramolecular Hbond substituents is 2. The van der Waals surface area contributed by atoms with E-state index in [0.717, 1.165) is 22.3 Å². The first kappa shape index (κ1) is 26.4. The van der Waals surface area contributed by atoms with E-state index in [1.165, 1.54) is 9.80 Å². The van der Waals surface area contributed by atoms with Crippen molar-refractivity contribution in [2.45, 2.75) is 25.9 Å². The number of phenols is 2. The number of aromatic hydroxyl groups is 2. The first-order valence-electron chi connectivity index (χ1n) is 13.0. The van der Waals surface area contributed by atoms with E-state index in [4.69, 9.17) is 0 Å². The summed E-state index contributed by atoms with van der Waals surface area (Å²) in [5, 5.41) is 42.6. The van der Waals surface area contributed by atoms with Gasteiger partial charge >= 0.3 is 6.03 Å². The molecule has 2 amide bonds. The Morgan fingerprint density at radius 1 is 0.450 bits per heavy atom. The van der Waals surface area contributed by atoms with Gasteiger partial charge in [0.15, 0.2) is 11.5 Å². The van der Waals surface area contributed by atoms with Crippen molar-refractivity contribution in [2.75, 3.05) is 0 Å². The number of hydrogen-bond acceptors (Lipinski definition) is 5. The normalized spacial score (nSPS) is 14.1. The molecular formula is C33H30N2O5. The zero-order chi connectivity index (χ0) is 28.1. The Morgan fingerprint density at radius 2 is 0.800 bits per heavy atom. The van der Waals surface area contributed by atoms with Crippen LogP contribution in [0.4, 0.5) is 4.79 Å². The summed E-state index contributed by atoms with van der Waals surface area (Å²) in [6.45, 7) is 0.201. The standard InChI is InChI=1S/C33H30N2O5/c36-27-15-11-25(12-16-27)21-34-29(19-23-7-3-1-4-8-23)31(38)32(39)30(20-24-9-5-2-6-10-24)35(33(34)40)22-26-13-17-28(37)18-14-26/h1-18,36-39H,19-22H2. The summed E-state index contributed by atoms with van der Waals surface area (Å²) < 4.78 is 0. The maximum atomic E-state index is 14.4. The van der Waals surface area contributed by atoms with Gasteiger partial charge in [0.2, 0.25) is 0 Å². The molecule has 0 aromatic heterocycles. The van der Waals surface area contributed by atoms with Gasteiger partial charge < -0.3 is 20.4 Å². The lowest BCUT2D eigenvalue weighted by Gasteiger charge is -2.31. The van der Waals surface area contributed by atoms with Gasteiger partial charge in [0.25, 0.3) is 0 Å². The summed E-state index contributed by atoms with van der Waals surface area (Å²) >= 11 is 0. The Bertz CT molecular complexity index is 1410. The number of rotatable bonds is 8. The smallest absolute Gasteiger partial charge is 0.329 e. The van der Waals surface area contributed by atoms with E-state index in [1.807, 2.05) is 60.7 Å². The summed E-state index contributed by atoms with van der Waals surface area (Å²) in [5.74, 6) is -0.523. The third-order valence-electron chi connectivity index (χ3n) is 6.87. The number of aliphatic hydroxyl groups excluding tert-OH is 2. The fourth-order valence-electron chi connectivity index (χ4n) is 4.74. The second kappa shape index (κ2) is 11.7. The summed E-state index contributed by atoms with van der Waals surface area (Å²) in [5.41, 5.74) is 3.72. The van der Waals surface area contributed by atoms with E-state index in [-0.39, 0.29) is 60.3 Å². The van der Waals surface area contributed by atoms with E-state index in [0.29, 0.717) is 0 Å². The van der Waals surface area contributed by atoms with Gasteiger partial charge in [0, 0.05) is 12.8 Å². The Hall–Kier alpha value is -5.17. The van der Waals surface area contributed by atoms with Crippen LogP contribution in [0.25, 0.3) is 0 Å². The number of amides is 2. The van der Waals surface area contributed by atoms with Crippen molar-refractivity contribution in [3.8, 4) is 11.5 Å². The van der Waals surface area contributed by atoms with Crippen LogP contribution in [-0.2, 0) is 25.9 Å². The highest BCUT2D eigenvalue weighted by Crippen LogP contribution is 2.33. The van der Waals surface area contributed by atoms with Crippen LogP contribution in [-0.4, -0.2) is 36.3 Å². The van der Waals surface area contributed by atoms with Gasteiger partial charge in [-0.15, -0.1) is 0 Å². The Morgan fingerprint density at radius 3 is 1.15 bits per heavy atom. The topological polar surface area (TPSA) is 104 Å². The number of carbonyl (C=O) groups is 1. The van der Waals surface area contributed by atoms with Crippen molar-refractivity contribution in [1.29, 1.82) is 0 Å². The van der Waals surface area contributed by atoms with Gasteiger partial charge in [-0.3, -0.25) is 9.80 Å². The van der Waals surface area contributed by atoms with E-state index in [2.05, 4.69) is 0 Å². The lowest BCUT2D eigenvalue weighted by Crippen LogP contribution is -2.41. The van der Waals surface area contributed by atoms with Crippen LogP contribution >= 0.6 is 0 Å². The molecule has 5 rings (SSSR count). The lowest BCUT2D eigenvalue weighted by molar-refractivity contribution is 0.171. The first-order chi connectivity index (χ1) is 19.4. The molecule has 202 valence electrons. The minimum absolute atomic E-state index is 0.101. The largest absolute Gasteiger partial charge is 0.508 e. The molecule has 0 saturated heterocycles. The minimum atomic E-state index is -0.423. The maximum absolute atomic E-state index is 14.4. The zero-order valence-corrected chi connectivity index (χ0v) is 21.8. The Kier molecular flexibility index (Phi) is 7.73. The van der Waals surface area contributed by atoms with Crippen LogP contribution in [0.15, 0.2) is 132 Å². The number of aliphatic hydroxyl groups is 2. The molecule has 0 spiro atoms. The third-order valence-corrected chi connectivity index (χ3v) is 6.87.